The van der Waals surface area contributed by atoms with Crippen LogP contribution in [0.5, 0.6) is 0 Å². The molecule has 0 amide bonds. The number of nitrogens with zero attached hydrogens (tertiary/aromatic N) is 4. The average Bonchev–Trinajstić information content (AvgIpc) is 2.71. The zero-order chi connectivity index (χ0) is 14.3. The van der Waals surface area contributed by atoms with Gasteiger partial charge in [0, 0.05) is 19.2 Å². The number of hydrogen-bond donors (Lipinski definition) is 0. The summed E-state index contributed by atoms with van der Waals surface area (Å²) in [5.41, 5.74) is 1.72. The van der Waals surface area contributed by atoms with E-state index >= 15 is 0 Å². The lowest BCUT2D eigenvalue weighted by Gasteiger charge is -2.00. The Hall–Kier alpha value is -2.28. The number of hydrogen-bond acceptors (Lipinski definition) is 6. The highest BCUT2D eigenvalue weighted by molar-refractivity contribution is 8.13. The molecule has 0 fully saturated rings. The fourth-order valence-corrected chi connectivity index (χ4v) is 2.58. The van der Waals surface area contributed by atoms with E-state index in [4.69, 9.17) is 0 Å². The summed E-state index contributed by atoms with van der Waals surface area (Å²) in [5, 5.41) is 8.97. The summed E-state index contributed by atoms with van der Waals surface area (Å²) >= 11 is 0.895. The van der Waals surface area contributed by atoms with Gasteiger partial charge in [0.15, 0.2) is 10.8 Å². The van der Waals surface area contributed by atoms with E-state index in [1.54, 1.807) is 0 Å². The van der Waals surface area contributed by atoms with Crippen LogP contribution in [0.3, 0.4) is 0 Å². The number of carbonyl (C=O) groups is 2. The Bertz CT molecular complexity index is 856. The molecule has 3 rings (SSSR count). The SMILES string of the molecule is CC(=O)Sc1nnc2c3ccccc3n(C(C)=O)c2n1. The van der Waals surface area contributed by atoms with Crippen molar-refractivity contribution in [2.24, 2.45) is 0 Å². The van der Waals surface area contributed by atoms with E-state index in [1.807, 2.05) is 24.3 Å². The second-order valence-electron chi connectivity index (χ2n) is 4.23. The lowest BCUT2D eigenvalue weighted by atomic mass is 10.2. The van der Waals surface area contributed by atoms with Gasteiger partial charge in [-0.3, -0.25) is 14.2 Å². The molecule has 0 aliphatic rings. The first-order valence-electron chi connectivity index (χ1n) is 5.91. The average molecular weight is 286 g/mol. The van der Waals surface area contributed by atoms with Crippen LogP contribution in [0.2, 0.25) is 0 Å². The van der Waals surface area contributed by atoms with Gasteiger partial charge in [-0.1, -0.05) is 18.2 Å². The normalized spacial score (nSPS) is 11.1. The minimum absolute atomic E-state index is 0.128. The monoisotopic (exact) mass is 286 g/mol. The van der Waals surface area contributed by atoms with Crippen LogP contribution < -0.4 is 0 Å². The molecule has 2 aromatic heterocycles. The third kappa shape index (κ3) is 1.96. The zero-order valence-corrected chi connectivity index (χ0v) is 11.6. The van der Waals surface area contributed by atoms with Crippen molar-refractivity contribution in [1.29, 1.82) is 0 Å². The van der Waals surface area contributed by atoms with Crippen LogP contribution in [0, 0.1) is 0 Å². The van der Waals surface area contributed by atoms with Crippen LogP contribution in [0.15, 0.2) is 29.4 Å². The molecule has 0 atom stereocenters. The summed E-state index contributed by atoms with van der Waals surface area (Å²) in [4.78, 5) is 27.3. The van der Waals surface area contributed by atoms with Crippen molar-refractivity contribution < 1.29 is 9.59 Å². The molecular formula is C13H10N4O2S. The maximum atomic E-state index is 11.9. The van der Waals surface area contributed by atoms with E-state index in [0.29, 0.717) is 11.2 Å². The lowest BCUT2D eigenvalue weighted by molar-refractivity contribution is -0.109. The second kappa shape index (κ2) is 4.68. The van der Waals surface area contributed by atoms with Crippen LogP contribution >= 0.6 is 11.8 Å². The minimum Gasteiger partial charge on any atom is -0.287 e. The highest BCUT2D eigenvalue weighted by atomic mass is 32.2. The maximum Gasteiger partial charge on any atom is 0.229 e. The van der Waals surface area contributed by atoms with Crippen LogP contribution in [-0.4, -0.2) is 30.8 Å². The molecule has 0 saturated carbocycles. The largest absolute Gasteiger partial charge is 0.287 e. The first-order valence-corrected chi connectivity index (χ1v) is 6.73. The highest BCUT2D eigenvalue weighted by Gasteiger charge is 2.17. The number of benzene rings is 1. The molecule has 7 heteroatoms. The predicted octanol–water partition coefficient (Wildman–Crippen LogP) is 2.28. The molecule has 0 radical (unpaired) electrons. The molecule has 0 aliphatic carbocycles. The van der Waals surface area contributed by atoms with Gasteiger partial charge in [0.1, 0.15) is 5.52 Å². The van der Waals surface area contributed by atoms with E-state index in [1.165, 1.54) is 18.4 Å². The Kier molecular flexibility index (Phi) is 2.98. The van der Waals surface area contributed by atoms with Crippen molar-refractivity contribution >= 4 is 44.9 Å². The van der Waals surface area contributed by atoms with Crippen molar-refractivity contribution in [3.05, 3.63) is 24.3 Å². The quantitative estimate of drug-likeness (QED) is 0.639. The summed E-state index contributed by atoms with van der Waals surface area (Å²) in [7, 11) is 0. The number of carbonyl (C=O) groups excluding carboxylic acids is 2. The highest BCUT2D eigenvalue weighted by Crippen LogP contribution is 2.26. The van der Waals surface area contributed by atoms with E-state index in [9.17, 15) is 9.59 Å². The van der Waals surface area contributed by atoms with Crippen molar-refractivity contribution in [3.63, 3.8) is 0 Å². The number of thioether (sulfide) groups is 1. The molecule has 3 aromatic rings. The second-order valence-corrected chi connectivity index (χ2v) is 5.38. The van der Waals surface area contributed by atoms with E-state index in [0.717, 1.165) is 22.7 Å². The lowest BCUT2D eigenvalue weighted by Crippen LogP contribution is -2.07. The molecule has 0 spiro atoms. The fraction of sp³-hybridized carbons (Fsp3) is 0.154. The fourth-order valence-electron chi connectivity index (χ4n) is 2.11. The van der Waals surface area contributed by atoms with Gasteiger partial charge < -0.3 is 0 Å². The number of fused-ring (bicyclic) bond motifs is 3. The van der Waals surface area contributed by atoms with Gasteiger partial charge in [-0.05, 0) is 17.8 Å². The Balaban J connectivity index is 2.38. The molecule has 0 N–H and O–H groups in total. The molecule has 100 valence electrons. The molecule has 2 heterocycles. The van der Waals surface area contributed by atoms with Crippen molar-refractivity contribution in [2.75, 3.05) is 0 Å². The Labute approximate surface area is 118 Å². The van der Waals surface area contributed by atoms with Crippen molar-refractivity contribution in [1.82, 2.24) is 19.7 Å². The summed E-state index contributed by atoms with van der Waals surface area (Å²) in [6.07, 6.45) is 0. The summed E-state index contributed by atoms with van der Waals surface area (Å²) < 4.78 is 1.49. The first-order chi connectivity index (χ1) is 9.58. The van der Waals surface area contributed by atoms with Crippen LogP contribution in [-0.2, 0) is 4.79 Å². The standard InChI is InChI=1S/C13H10N4O2S/c1-7(18)17-10-6-4-3-5-9(10)11-12(17)14-13(16-15-11)20-8(2)19/h3-6H,1-2H3. The van der Waals surface area contributed by atoms with Crippen LogP contribution in [0.25, 0.3) is 22.1 Å². The smallest absolute Gasteiger partial charge is 0.229 e. The molecule has 1 aromatic carbocycles. The van der Waals surface area contributed by atoms with Crippen LogP contribution in [0.1, 0.15) is 18.6 Å². The molecule has 20 heavy (non-hydrogen) atoms. The third-order valence-corrected chi connectivity index (χ3v) is 3.45. The maximum absolute atomic E-state index is 11.9. The van der Waals surface area contributed by atoms with E-state index in [-0.39, 0.29) is 16.2 Å². The Morgan fingerprint density at radius 3 is 2.60 bits per heavy atom. The number of para-hydroxylation sites is 1. The first kappa shape index (κ1) is 12.7. The number of aromatic nitrogens is 4. The molecule has 0 bridgehead atoms. The number of rotatable bonds is 1. The molecular weight excluding hydrogens is 276 g/mol. The molecule has 0 saturated heterocycles. The molecule has 0 unspecified atom stereocenters. The molecule has 6 nitrogen and oxygen atoms in total. The van der Waals surface area contributed by atoms with Gasteiger partial charge >= 0.3 is 0 Å². The van der Waals surface area contributed by atoms with Gasteiger partial charge in [-0.15, -0.1) is 10.2 Å². The van der Waals surface area contributed by atoms with Gasteiger partial charge in [-0.2, -0.15) is 0 Å². The van der Waals surface area contributed by atoms with Crippen molar-refractivity contribution in [2.45, 2.75) is 19.0 Å². The predicted molar refractivity (Wildman–Crippen MR) is 75.7 cm³/mol. The summed E-state index contributed by atoms with van der Waals surface area (Å²) in [6.45, 7) is 2.89. The zero-order valence-electron chi connectivity index (χ0n) is 10.8. The van der Waals surface area contributed by atoms with E-state index < -0.39 is 0 Å². The van der Waals surface area contributed by atoms with Crippen molar-refractivity contribution in [3.8, 4) is 0 Å². The Morgan fingerprint density at radius 2 is 1.90 bits per heavy atom. The van der Waals surface area contributed by atoms with Crippen LogP contribution in [0.4, 0.5) is 0 Å². The topological polar surface area (TPSA) is 77.7 Å². The Morgan fingerprint density at radius 1 is 1.15 bits per heavy atom. The third-order valence-electron chi connectivity index (χ3n) is 2.81. The van der Waals surface area contributed by atoms with Gasteiger partial charge in [0.2, 0.25) is 11.1 Å². The summed E-state index contributed by atoms with van der Waals surface area (Å²) in [5.74, 6) is -0.157. The molecule has 0 aliphatic heterocycles. The van der Waals surface area contributed by atoms with Gasteiger partial charge in [0.25, 0.3) is 0 Å². The summed E-state index contributed by atoms with van der Waals surface area (Å²) in [6, 6.07) is 7.41. The minimum atomic E-state index is -0.157. The van der Waals surface area contributed by atoms with Gasteiger partial charge in [0.05, 0.1) is 5.52 Å². The van der Waals surface area contributed by atoms with E-state index in [2.05, 4.69) is 15.2 Å². The van der Waals surface area contributed by atoms with Gasteiger partial charge in [-0.25, -0.2) is 4.98 Å².